The third kappa shape index (κ3) is 2.00. The Morgan fingerprint density at radius 2 is 2.20 bits per heavy atom. The van der Waals surface area contributed by atoms with Crippen LogP contribution in [0, 0.1) is 0 Å². The lowest BCUT2D eigenvalue weighted by atomic mass is 10.2. The van der Waals surface area contributed by atoms with Gasteiger partial charge in [-0.25, -0.2) is 18.5 Å². The van der Waals surface area contributed by atoms with E-state index in [4.69, 9.17) is 10.2 Å². The van der Waals surface area contributed by atoms with Crippen molar-refractivity contribution >= 4 is 31.6 Å². The molecule has 2 rings (SSSR count). The van der Waals surface area contributed by atoms with E-state index >= 15 is 0 Å². The van der Waals surface area contributed by atoms with Gasteiger partial charge in [-0.15, -0.1) is 11.3 Å². The Labute approximate surface area is 90.2 Å². The number of aromatic nitrogens is 1. The average Bonchev–Trinajstić information content (AvgIpc) is 2.59. The summed E-state index contributed by atoms with van der Waals surface area (Å²) >= 11 is 0.999. The first-order chi connectivity index (χ1) is 7.00. The Bertz CT molecular complexity index is 603. The van der Waals surface area contributed by atoms with Crippen LogP contribution >= 0.6 is 11.3 Å². The third-order valence-electron chi connectivity index (χ3n) is 1.86. The summed E-state index contributed by atoms with van der Waals surface area (Å²) in [6.45, 7) is -0.0848. The summed E-state index contributed by atoms with van der Waals surface area (Å²) in [6, 6.07) is 5.04. The van der Waals surface area contributed by atoms with Crippen molar-refractivity contribution in [1.29, 1.82) is 0 Å². The molecule has 2 aromatic rings. The number of nitrogens with two attached hydrogens (primary N) is 1. The Kier molecular flexibility index (Phi) is 2.47. The lowest BCUT2D eigenvalue weighted by molar-refractivity contribution is 0.282. The van der Waals surface area contributed by atoms with E-state index in [-0.39, 0.29) is 10.9 Å². The summed E-state index contributed by atoms with van der Waals surface area (Å²) in [4.78, 5) is 3.88. The number of primary sulfonamides is 1. The van der Waals surface area contributed by atoms with Crippen molar-refractivity contribution in [2.45, 2.75) is 10.9 Å². The average molecular weight is 244 g/mol. The Balaban J connectivity index is 2.66. The number of thiazole rings is 1. The summed E-state index contributed by atoms with van der Waals surface area (Å²) in [5, 5.41) is 13.9. The fourth-order valence-electron chi connectivity index (χ4n) is 1.17. The van der Waals surface area contributed by atoms with Crippen LogP contribution in [-0.2, 0) is 16.6 Å². The second kappa shape index (κ2) is 3.53. The van der Waals surface area contributed by atoms with Crippen LogP contribution in [0.15, 0.2) is 22.5 Å². The van der Waals surface area contributed by atoms with E-state index in [0.717, 1.165) is 11.3 Å². The maximum absolute atomic E-state index is 11.0. The summed E-state index contributed by atoms with van der Waals surface area (Å²) in [5.74, 6) is 0. The van der Waals surface area contributed by atoms with E-state index in [9.17, 15) is 8.42 Å². The predicted octanol–water partition coefficient (Wildman–Crippen LogP) is 0.436. The molecule has 0 aliphatic heterocycles. The van der Waals surface area contributed by atoms with Crippen molar-refractivity contribution in [2.24, 2.45) is 5.14 Å². The van der Waals surface area contributed by atoms with Crippen LogP contribution in [-0.4, -0.2) is 18.5 Å². The normalized spacial score (nSPS) is 12.1. The van der Waals surface area contributed by atoms with Crippen molar-refractivity contribution in [3.63, 3.8) is 0 Å². The molecule has 1 aromatic heterocycles. The zero-order valence-electron chi connectivity index (χ0n) is 7.54. The molecule has 7 heteroatoms. The molecular formula is C8H8N2O3S2. The van der Waals surface area contributed by atoms with Gasteiger partial charge in [-0.2, -0.15) is 0 Å². The standard InChI is InChI=1S/C8H8N2O3S2/c9-15(12,13)8-10-6-2-1-5(4-11)3-7(6)14-8/h1-3,11H,4H2,(H2,9,12,13). The zero-order valence-corrected chi connectivity index (χ0v) is 9.18. The molecule has 15 heavy (non-hydrogen) atoms. The van der Waals surface area contributed by atoms with E-state index in [0.29, 0.717) is 15.8 Å². The fourth-order valence-corrected chi connectivity index (χ4v) is 2.89. The largest absolute Gasteiger partial charge is 0.392 e. The molecule has 0 atom stereocenters. The maximum Gasteiger partial charge on any atom is 0.265 e. The van der Waals surface area contributed by atoms with Gasteiger partial charge in [0.2, 0.25) is 4.34 Å². The molecule has 0 saturated heterocycles. The molecule has 0 aliphatic carbocycles. The molecule has 0 aliphatic rings. The highest BCUT2D eigenvalue weighted by molar-refractivity contribution is 7.91. The second-order valence-corrected chi connectivity index (χ2v) is 5.75. The van der Waals surface area contributed by atoms with Gasteiger partial charge in [-0.05, 0) is 17.7 Å². The molecule has 0 spiro atoms. The quantitative estimate of drug-likeness (QED) is 0.801. The highest BCUT2D eigenvalue weighted by Gasteiger charge is 2.14. The number of rotatable bonds is 2. The van der Waals surface area contributed by atoms with Crippen molar-refractivity contribution in [3.8, 4) is 0 Å². The van der Waals surface area contributed by atoms with Gasteiger partial charge < -0.3 is 5.11 Å². The number of sulfonamides is 1. The first-order valence-electron chi connectivity index (χ1n) is 4.04. The number of aliphatic hydroxyl groups excluding tert-OH is 1. The van der Waals surface area contributed by atoms with Crippen LogP contribution in [0.25, 0.3) is 10.2 Å². The maximum atomic E-state index is 11.0. The second-order valence-electron chi connectivity index (χ2n) is 2.98. The van der Waals surface area contributed by atoms with Crippen LogP contribution in [0.1, 0.15) is 5.56 Å². The van der Waals surface area contributed by atoms with Gasteiger partial charge in [0, 0.05) is 0 Å². The fraction of sp³-hybridized carbons (Fsp3) is 0.125. The van der Waals surface area contributed by atoms with E-state index in [1.54, 1.807) is 18.2 Å². The van der Waals surface area contributed by atoms with Crippen molar-refractivity contribution < 1.29 is 13.5 Å². The smallest absolute Gasteiger partial charge is 0.265 e. The van der Waals surface area contributed by atoms with Gasteiger partial charge in [0.25, 0.3) is 10.0 Å². The highest BCUT2D eigenvalue weighted by atomic mass is 32.2. The van der Waals surface area contributed by atoms with E-state index in [1.165, 1.54) is 0 Å². The monoisotopic (exact) mass is 244 g/mol. The highest BCUT2D eigenvalue weighted by Crippen LogP contribution is 2.25. The lowest BCUT2D eigenvalue weighted by Crippen LogP contribution is -2.11. The summed E-state index contributed by atoms with van der Waals surface area (Å²) < 4.78 is 22.7. The van der Waals surface area contributed by atoms with Gasteiger partial charge in [0.05, 0.1) is 16.8 Å². The summed E-state index contributed by atoms with van der Waals surface area (Å²) in [5.41, 5.74) is 1.29. The van der Waals surface area contributed by atoms with Gasteiger partial charge in [0.1, 0.15) is 0 Å². The van der Waals surface area contributed by atoms with E-state index in [2.05, 4.69) is 4.98 Å². The van der Waals surface area contributed by atoms with Crippen molar-refractivity contribution in [2.75, 3.05) is 0 Å². The zero-order chi connectivity index (χ0) is 11.1. The molecule has 3 N–H and O–H groups in total. The van der Waals surface area contributed by atoms with Gasteiger partial charge >= 0.3 is 0 Å². The first kappa shape index (κ1) is 10.5. The molecule has 0 fully saturated rings. The first-order valence-corrected chi connectivity index (χ1v) is 6.40. The topological polar surface area (TPSA) is 93.3 Å². The SMILES string of the molecule is NS(=O)(=O)c1nc2ccc(CO)cc2s1. The molecule has 5 nitrogen and oxygen atoms in total. The molecular weight excluding hydrogens is 236 g/mol. The minimum atomic E-state index is -3.74. The Morgan fingerprint density at radius 3 is 2.80 bits per heavy atom. The molecule has 1 aromatic carbocycles. The predicted molar refractivity (Wildman–Crippen MR) is 56.9 cm³/mol. The van der Waals surface area contributed by atoms with Crippen LogP contribution in [0.5, 0.6) is 0 Å². The summed E-state index contributed by atoms with van der Waals surface area (Å²) in [7, 11) is -3.74. The molecule has 1 heterocycles. The van der Waals surface area contributed by atoms with Crippen molar-refractivity contribution in [3.05, 3.63) is 23.8 Å². The molecule has 0 amide bonds. The number of hydrogen-bond acceptors (Lipinski definition) is 5. The van der Waals surface area contributed by atoms with Gasteiger partial charge in [0.15, 0.2) is 0 Å². The van der Waals surface area contributed by atoms with Crippen LogP contribution in [0.2, 0.25) is 0 Å². The minimum absolute atomic E-state index is 0.0848. The number of fused-ring (bicyclic) bond motifs is 1. The van der Waals surface area contributed by atoms with Crippen molar-refractivity contribution in [1.82, 2.24) is 4.98 Å². The molecule has 0 bridgehead atoms. The van der Waals surface area contributed by atoms with Gasteiger partial charge in [-0.3, -0.25) is 0 Å². The lowest BCUT2D eigenvalue weighted by Gasteiger charge is -1.92. The molecule has 0 radical (unpaired) electrons. The Hall–Kier alpha value is -1.02. The number of nitrogens with zero attached hydrogens (tertiary/aromatic N) is 1. The van der Waals surface area contributed by atoms with Gasteiger partial charge in [-0.1, -0.05) is 6.07 Å². The van der Waals surface area contributed by atoms with E-state index < -0.39 is 10.0 Å². The van der Waals surface area contributed by atoms with Crippen LogP contribution in [0.3, 0.4) is 0 Å². The molecule has 0 saturated carbocycles. The number of benzene rings is 1. The Morgan fingerprint density at radius 1 is 1.47 bits per heavy atom. The minimum Gasteiger partial charge on any atom is -0.392 e. The molecule has 80 valence electrons. The summed E-state index contributed by atoms with van der Waals surface area (Å²) in [6.07, 6.45) is 0. The van der Waals surface area contributed by atoms with Crippen LogP contribution < -0.4 is 5.14 Å². The van der Waals surface area contributed by atoms with Crippen LogP contribution in [0.4, 0.5) is 0 Å². The number of hydrogen-bond donors (Lipinski definition) is 2. The third-order valence-corrected chi connectivity index (χ3v) is 4.20. The number of aliphatic hydroxyl groups is 1. The molecule has 0 unspecified atom stereocenters. The van der Waals surface area contributed by atoms with E-state index in [1.807, 2.05) is 0 Å².